The normalized spacial score (nSPS) is 11.2. The number of hydrogen-bond donors (Lipinski definition) is 1. The highest BCUT2D eigenvalue weighted by atomic mass is 35.5. The van der Waals surface area contributed by atoms with E-state index in [0.717, 1.165) is 0 Å². The molecule has 4 nitrogen and oxygen atoms in total. The largest absolute Gasteiger partial charge is 0.487 e. The first kappa shape index (κ1) is 15.3. The van der Waals surface area contributed by atoms with Crippen molar-refractivity contribution in [1.82, 2.24) is 0 Å². The molecule has 2 aromatic rings. The molecule has 0 radical (unpaired) electrons. The summed E-state index contributed by atoms with van der Waals surface area (Å²) in [5.74, 6) is 0.145. The number of Topliss-reactive ketones (excluding diaryl/α,β-unsaturated/α-hetero) is 1. The van der Waals surface area contributed by atoms with Gasteiger partial charge in [0.25, 0.3) is 0 Å². The molecule has 0 saturated heterocycles. The van der Waals surface area contributed by atoms with Gasteiger partial charge in [-0.05, 0) is 36.4 Å². The Kier molecular flexibility index (Phi) is 4.80. The second kappa shape index (κ2) is 6.58. The van der Waals surface area contributed by atoms with Crippen molar-refractivity contribution in [3.05, 3.63) is 48.4 Å². The molecule has 2 rings (SSSR count). The standard InChI is InChI=1S/C14H12ClF2NO3/c15-14(16,17)21-11-5-3-10(4-6-11)18-8-7-12(19)13-2-1-9-20-13/h1-6,9,18H,7-8H2. The number of anilines is 1. The van der Waals surface area contributed by atoms with Crippen molar-refractivity contribution in [2.75, 3.05) is 11.9 Å². The molecule has 1 aromatic carbocycles. The summed E-state index contributed by atoms with van der Waals surface area (Å²) in [7, 11) is 0. The Hall–Kier alpha value is -2.08. The average Bonchev–Trinajstić information content (AvgIpc) is 2.93. The lowest BCUT2D eigenvalue weighted by molar-refractivity contribution is -0.0964. The summed E-state index contributed by atoms with van der Waals surface area (Å²) in [6, 6.07) is 9.05. The van der Waals surface area contributed by atoms with Gasteiger partial charge >= 0.3 is 5.57 Å². The number of nitrogens with one attached hydrogen (secondary N) is 1. The summed E-state index contributed by atoms with van der Waals surface area (Å²) in [6.07, 6.45) is 1.69. The van der Waals surface area contributed by atoms with Crippen LogP contribution in [-0.2, 0) is 0 Å². The number of carbonyl (C=O) groups is 1. The van der Waals surface area contributed by atoms with Gasteiger partial charge in [-0.25, -0.2) is 0 Å². The highest BCUT2D eigenvalue weighted by molar-refractivity contribution is 6.20. The van der Waals surface area contributed by atoms with Gasteiger partial charge in [0, 0.05) is 30.3 Å². The summed E-state index contributed by atoms with van der Waals surface area (Å²) in [5, 5.41) is 2.99. The van der Waals surface area contributed by atoms with Crippen LogP contribution >= 0.6 is 11.6 Å². The molecular formula is C14H12ClF2NO3. The number of halogens is 3. The lowest BCUT2D eigenvalue weighted by Crippen LogP contribution is -2.15. The van der Waals surface area contributed by atoms with Crippen molar-refractivity contribution in [3.8, 4) is 5.75 Å². The van der Waals surface area contributed by atoms with Crippen LogP contribution in [0, 0.1) is 0 Å². The molecule has 7 heteroatoms. The van der Waals surface area contributed by atoms with E-state index in [1.54, 1.807) is 24.3 Å². The van der Waals surface area contributed by atoms with E-state index in [2.05, 4.69) is 21.7 Å². The number of rotatable bonds is 7. The Balaban J connectivity index is 1.80. The van der Waals surface area contributed by atoms with Crippen LogP contribution in [0.2, 0.25) is 0 Å². The summed E-state index contributed by atoms with van der Waals surface area (Å²) < 4.78 is 34.0. The number of hydrogen-bond acceptors (Lipinski definition) is 4. The molecule has 0 spiro atoms. The molecule has 0 fully saturated rings. The Labute approximate surface area is 124 Å². The summed E-state index contributed by atoms with van der Waals surface area (Å²) in [6.45, 7) is 0.394. The molecule has 0 amide bonds. The average molecular weight is 316 g/mol. The zero-order valence-corrected chi connectivity index (χ0v) is 11.6. The summed E-state index contributed by atoms with van der Waals surface area (Å²) in [4.78, 5) is 11.7. The molecule has 0 unspecified atom stereocenters. The number of furan rings is 1. The van der Waals surface area contributed by atoms with Crippen molar-refractivity contribution < 1.29 is 22.7 Å². The van der Waals surface area contributed by atoms with Crippen LogP contribution in [0.4, 0.5) is 14.5 Å². The van der Waals surface area contributed by atoms with Gasteiger partial charge in [-0.15, -0.1) is 8.78 Å². The van der Waals surface area contributed by atoms with E-state index < -0.39 is 5.57 Å². The molecule has 1 aromatic heterocycles. The summed E-state index contributed by atoms with van der Waals surface area (Å²) >= 11 is 4.66. The first-order valence-electron chi connectivity index (χ1n) is 6.10. The van der Waals surface area contributed by atoms with Gasteiger partial charge in [-0.3, -0.25) is 4.79 Å². The van der Waals surface area contributed by atoms with Gasteiger partial charge < -0.3 is 14.5 Å². The van der Waals surface area contributed by atoms with E-state index in [9.17, 15) is 13.6 Å². The molecule has 0 saturated carbocycles. The van der Waals surface area contributed by atoms with Crippen LogP contribution in [0.3, 0.4) is 0 Å². The predicted molar refractivity (Wildman–Crippen MR) is 74.0 cm³/mol. The van der Waals surface area contributed by atoms with Gasteiger partial charge in [0.05, 0.1) is 6.26 Å². The third-order valence-corrected chi connectivity index (χ3v) is 2.64. The van der Waals surface area contributed by atoms with Crippen molar-refractivity contribution in [2.45, 2.75) is 12.0 Å². The smallest absolute Gasteiger partial charge is 0.461 e. The maximum Gasteiger partial charge on any atom is 0.487 e. The van der Waals surface area contributed by atoms with Crippen LogP contribution in [0.5, 0.6) is 5.75 Å². The molecule has 112 valence electrons. The zero-order chi connectivity index (χ0) is 15.3. The molecule has 1 N–H and O–H groups in total. The van der Waals surface area contributed by atoms with Gasteiger partial charge in [-0.2, -0.15) is 0 Å². The fourth-order valence-corrected chi connectivity index (χ4v) is 1.74. The maximum atomic E-state index is 12.4. The minimum atomic E-state index is -3.73. The van der Waals surface area contributed by atoms with Gasteiger partial charge in [0.2, 0.25) is 0 Å². The Morgan fingerprint density at radius 2 is 2.00 bits per heavy atom. The predicted octanol–water partition coefficient (Wildman–Crippen LogP) is 4.13. The van der Waals surface area contributed by atoms with Crippen molar-refractivity contribution in [3.63, 3.8) is 0 Å². The number of benzene rings is 1. The van der Waals surface area contributed by atoms with Gasteiger partial charge in [0.1, 0.15) is 5.75 Å². The second-order valence-corrected chi connectivity index (χ2v) is 4.59. The van der Waals surface area contributed by atoms with E-state index in [0.29, 0.717) is 18.0 Å². The van der Waals surface area contributed by atoms with Crippen LogP contribution in [0.15, 0.2) is 47.1 Å². The van der Waals surface area contributed by atoms with Gasteiger partial charge in [-0.1, -0.05) is 0 Å². The highest BCUT2D eigenvalue weighted by Gasteiger charge is 2.27. The molecule has 21 heavy (non-hydrogen) atoms. The Morgan fingerprint density at radius 1 is 1.29 bits per heavy atom. The van der Waals surface area contributed by atoms with Crippen molar-refractivity contribution in [2.24, 2.45) is 0 Å². The maximum absolute atomic E-state index is 12.4. The van der Waals surface area contributed by atoms with E-state index in [4.69, 9.17) is 4.42 Å². The van der Waals surface area contributed by atoms with E-state index >= 15 is 0 Å². The molecule has 0 aliphatic heterocycles. The van der Waals surface area contributed by atoms with Crippen LogP contribution < -0.4 is 10.1 Å². The van der Waals surface area contributed by atoms with Crippen molar-refractivity contribution >= 4 is 23.1 Å². The number of alkyl halides is 3. The van der Waals surface area contributed by atoms with Crippen LogP contribution in [0.25, 0.3) is 0 Å². The molecule has 0 aliphatic rings. The van der Waals surface area contributed by atoms with E-state index in [-0.39, 0.29) is 18.0 Å². The zero-order valence-electron chi connectivity index (χ0n) is 10.8. The third-order valence-electron chi connectivity index (χ3n) is 2.57. The topological polar surface area (TPSA) is 51.5 Å². The molecular weight excluding hydrogens is 304 g/mol. The number of ether oxygens (including phenoxy) is 1. The SMILES string of the molecule is O=C(CCNc1ccc(OC(F)(F)Cl)cc1)c1ccco1. The summed E-state index contributed by atoms with van der Waals surface area (Å²) in [5.41, 5.74) is -3.06. The minimum absolute atomic E-state index is 0.0489. The minimum Gasteiger partial charge on any atom is -0.461 e. The molecule has 0 bridgehead atoms. The van der Waals surface area contributed by atoms with Crippen molar-refractivity contribution in [1.29, 1.82) is 0 Å². The second-order valence-electron chi connectivity index (χ2n) is 4.15. The van der Waals surface area contributed by atoms with E-state index in [1.165, 1.54) is 18.4 Å². The van der Waals surface area contributed by atoms with E-state index in [1.807, 2.05) is 0 Å². The lowest BCUT2D eigenvalue weighted by Gasteiger charge is -2.11. The van der Waals surface area contributed by atoms with Gasteiger partial charge in [0.15, 0.2) is 11.5 Å². The monoisotopic (exact) mass is 315 g/mol. The fourth-order valence-electron chi connectivity index (χ4n) is 1.66. The number of ketones is 1. The molecule has 0 aliphatic carbocycles. The fraction of sp³-hybridized carbons (Fsp3) is 0.214. The van der Waals surface area contributed by atoms with Crippen LogP contribution in [-0.4, -0.2) is 17.9 Å². The van der Waals surface area contributed by atoms with Crippen LogP contribution in [0.1, 0.15) is 17.0 Å². The quantitative estimate of drug-likeness (QED) is 0.616. The third kappa shape index (κ3) is 5.07. The highest BCUT2D eigenvalue weighted by Crippen LogP contribution is 2.25. The Bertz CT molecular complexity index is 579. The molecule has 0 atom stereocenters. The molecule has 1 heterocycles. The number of carbonyl (C=O) groups excluding carboxylic acids is 1. The first-order chi connectivity index (χ1) is 9.94. The lowest BCUT2D eigenvalue weighted by atomic mass is 10.2. The Morgan fingerprint density at radius 3 is 2.57 bits per heavy atom. The first-order valence-corrected chi connectivity index (χ1v) is 6.48.